The van der Waals surface area contributed by atoms with Gasteiger partial charge in [-0.25, -0.2) is 0 Å². The van der Waals surface area contributed by atoms with E-state index in [1.54, 1.807) is 47.4 Å². The zero-order valence-corrected chi connectivity index (χ0v) is 40.6. The number of benzene rings is 4. The minimum Gasteiger partial charge on any atom is -0.492 e. The van der Waals surface area contributed by atoms with Crippen molar-refractivity contribution in [3.63, 3.8) is 0 Å². The van der Waals surface area contributed by atoms with Crippen molar-refractivity contribution in [1.29, 1.82) is 0 Å². The lowest BCUT2D eigenvalue weighted by atomic mass is 9.55. The highest BCUT2D eigenvalue weighted by molar-refractivity contribution is 6.03. The molecule has 3 aliphatic heterocycles. The van der Waals surface area contributed by atoms with Gasteiger partial charge in [-0.15, -0.1) is 6.58 Å². The quantitative estimate of drug-likeness (QED) is 0.0159. The molecular formula is C55H61N5O13. The number of hydrogen-bond acceptors (Lipinski definition) is 15. The van der Waals surface area contributed by atoms with Gasteiger partial charge in [-0.1, -0.05) is 36.2 Å². The molecule has 2 fully saturated rings. The second-order valence-electron chi connectivity index (χ2n) is 19.0. The van der Waals surface area contributed by atoms with Gasteiger partial charge >= 0.3 is 0 Å². The van der Waals surface area contributed by atoms with E-state index < -0.39 is 33.5 Å². The van der Waals surface area contributed by atoms with Crippen LogP contribution >= 0.6 is 0 Å². The van der Waals surface area contributed by atoms with Gasteiger partial charge < -0.3 is 43.6 Å². The SMILES string of the molecule is C=CCO[C@@]12Oc3ccc(OCCN4CC4)cc3[C@H]3[C@H](CCCCO)[C@@H](CCCCO)C=C(C(=NOCc4ccc([N+](=O)[O-])cc4)C[C@@H]1N(Cc1ccc4c(c1)OCO4)C(=O)C=Cc1ccc([N+](=O)[O-])cc1)[C@H]32. The molecule has 3 heterocycles. The highest BCUT2D eigenvalue weighted by atomic mass is 16.7. The number of rotatable bonds is 25. The summed E-state index contributed by atoms with van der Waals surface area (Å²) in [6.07, 6.45) is 11.2. The summed E-state index contributed by atoms with van der Waals surface area (Å²) in [5.74, 6) is -0.641. The number of amides is 1. The van der Waals surface area contributed by atoms with Gasteiger partial charge in [-0.2, -0.15) is 0 Å². The second-order valence-corrected chi connectivity index (χ2v) is 19.0. The van der Waals surface area contributed by atoms with E-state index in [4.69, 9.17) is 33.7 Å². The lowest BCUT2D eigenvalue weighted by molar-refractivity contribution is -0.385. The topological polar surface area (TPSA) is 218 Å². The van der Waals surface area contributed by atoms with Gasteiger partial charge in [0.15, 0.2) is 11.5 Å². The van der Waals surface area contributed by atoms with Crippen LogP contribution < -0.4 is 18.9 Å². The fourth-order valence-corrected chi connectivity index (χ4v) is 10.8. The van der Waals surface area contributed by atoms with Crippen LogP contribution in [0, 0.1) is 38.0 Å². The fourth-order valence-electron chi connectivity index (χ4n) is 10.8. The van der Waals surface area contributed by atoms with E-state index in [-0.39, 0.29) is 75.3 Å². The summed E-state index contributed by atoms with van der Waals surface area (Å²) in [7, 11) is 0. The van der Waals surface area contributed by atoms with E-state index in [1.165, 1.54) is 30.3 Å². The lowest BCUT2D eigenvalue weighted by Crippen LogP contribution is -2.70. The molecule has 18 heteroatoms. The molecule has 1 saturated heterocycles. The maximum absolute atomic E-state index is 15.4. The number of unbranched alkanes of at least 4 members (excludes halogenated alkanes) is 2. The van der Waals surface area contributed by atoms with Crippen molar-refractivity contribution in [2.75, 3.05) is 52.9 Å². The van der Waals surface area contributed by atoms with Crippen LogP contribution in [0.1, 0.15) is 73.1 Å². The lowest BCUT2D eigenvalue weighted by Gasteiger charge is -2.60. The average Bonchev–Trinajstić information content (AvgIpc) is 4.11. The van der Waals surface area contributed by atoms with Crippen LogP contribution in [0.5, 0.6) is 23.0 Å². The highest BCUT2D eigenvalue weighted by Gasteiger charge is 2.65. The van der Waals surface area contributed by atoms with Crippen molar-refractivity contribution in [2.24, 2.45) is 22.9 Å². The molecule has 73 heavy (non-hydrogen) atoms. The van der Waals surface area contributed by atoms with Gasteiger partial charge in [-0.3, -0.25) is 29.9 Å². The van der Waals surface area contributed by atoms with E-state index in [0.29, 0.717) is 59.3 Å². The van der Waals surface area contributed by atoms with Crippen LogP contribution in [0.25, 0.3) is 6.08 Å². The molecule has 2 aliphatic carbocycles. The number of ether oxygens (including phenoxy) is 5. The third kappa shape index (κ3) is 11.6. The summed E-state index contributed by atoms with van der Waals surface area (Å²) in [5.41, 5.74) is 4.11. The van der Waals surface area contributed by atoms with Gasteiger partial charge in [0.1, 0.15) is 30.8 Å². The minimum atomic E-state index is -1.59. The number of nitro benzene ring substituents is 2. The Morgan fingerprint density at radius 2 is 1.58 bits per heavy atom. The molecule has 0 spiro atoms. The van der Waals surface area contributed by atoms with Crippen LogP contribution in [0.15, 0.2) is 120 Å². The summed E-state index contributed by atoms with van der Waals surface area (Å²) in [4.78, 5) is 47.7. The normalized spacial score (nSPS) is 23.0. The Balaban J connectivity index is 1.22. The Morgan fingerprint density at radius 1 is 0.877 bits per heavy atom. The van der Waals surface area contributed by atoms with Gasteiger partial charge in [0, 0.05) is 87.6 Å². The third-order valence-corrected chi connectivity index (χ3v) is 14.4. The number of nitrogens with zero attached hydrogens (tertiary/aromatic N) is 5. The largest absolute Gasteiger partial charge is 0.492 e. The zero-order valence-electron chi connectivity index (χ0n) is 40.6. The summed E-state index contributed by atoms with van der Waals surface area (Å²) < 4.78 is 32.5. The van der Waals surface area contributed by atoms with Gasteiger partial charge in [0.25, 0.3) is 11.4 Å². The second kappa shape index (κ2) is 23.2. The number of carbonyl (C=O) groups is 1. The van der Waals surface area contributed by atoms with Crippen LogP contribution in [-0.4, -0.2) is 106 Å². The molecule has 0 radical (unpaired) electrons. The molecule has 9 rings (SSSR count). The molecule has 384 valence electrons. The van der Waals surface area contributed by atoms with Crippen molar-refractivity contribution >= 4 is 29.1 Å². The van der Waals surface area contributed by atoms with Crippen LogP contribution in [0.4, 0.5) is 11.4 Å². The first-order valence-electron chi connectivity index (χ1n) is 25.0. The van der Waals surface area contributed by atoms with Gasteiger partial charge in [0.05, 0.1) is 28.1 Å². The Morgan fingerprint density at radius 3 is 2.29 bits per heavy atom. The first kappa shape index (κ1) is 50.8. The molecule has 1 amide bonds. The van der Waals surface area contributed by atoms with E-state index in [0.717, 1.165) is 62.0 Å². The van der Waals surface area contributed by atoms with Crippen molar-refractivity contribution in [1.82, 2.24) is 9.80 Å². The number of aliphatic hydroxyl groups excluding tert-OH is 2. The Kier molecular flexibility index (Phi) is 16.1. The van der Waals surface area contributed by atoms with Gasteiger partial charge in [-0.05, 0) is 120 Å². The van der Waals surface area contributed by atoms with E-state index >= 15 is 4.79 Å². The number of allylic oxidation sites excluding steroid dienone is 1. The Bertz CT molecular complexity index is 2720. The number of oxime groups is 1. The number of non-ortho nitro benzene ring substituents is 2. The molecule has 0 bridgehead atoms. The van der Waals surface area contributed by atoms with E-state index in [9.17, 15) is 30.4 Å². The predicted molar refractivity (Wildman–Crippen MR) is 270 cm³/mol. The van der Waals surface area contributed by atoms with Crippen molar-refractivity contribution < 1.29 is 53.4 Å². The Hall–Kier alpha value is -7.12. The molecule has 0 unspecified atom stereocenters. The monoisotopic (exact) mass is 999 g/mol. The predicted octanol–water partition coefficient (Wildman–Crippen LogP) is 8.50. The molecule has 6 atom stereocenters. The Labute approximate surface area is 423 Å². The number of aliphatic hydroxyl groups is 2. The minimum absolute atomic E-state index is 0.00929. The van der Waals surface area contributed by atoms with Crippen LogP contribution in [0.3, 0.4) is 0 Å². The maximum atomic E-state index is 15.4. The first-order valence-corrected chi connectivity index (χ1v) is 25.0. The molecule has 18 nitrogen and oxygen atoms in total. The molecule has 2 N–H and O–H groups in total. The summed E-state index contributed by atoms with van der Waals surface area (Å²) in [5, 5.41) is 48.0. The van der Waals surface area contributed by atoms with E-state index in [1.807, 2.05) is 24.3 Å². The molecule has 1 saturated carbocycles. The number of carbonyl (C=O) groups excluding carboxylic acids is 1. The first-order chi connectivity index (χ1) is 35.6. The average molecular weight is 1000 g/mol. The molecule has 4 aromatic carbocycles. The summed E-state index contributed by atoms with van der Waals surface area (Å²) in [6.45, 7) is 7.67. The van der Waals surface area contributed by atoms with Crippen molar-refractivity contribution in [3.05, 3.63) is 158 Å². The van der Waals surface area contributed by atoms with Crippen LogP contribution in [0.2, 0.25) is 0 Å². The fraction of sp³-hybridized carbons (Fsp3) is 0.418. The van der Waals surface area contributed by atoms with Crippen molar-refractivity contribution in [3.8, 4) is 23.0 Å². The number of fused-ring (bicyclic) bond motifs is 3. The van der Waals surface area contributed by atoms with E-state index in [2.05, 4.69) is 23.6 Å². The smallest absolute Gasteiger partial charge is 0.269 e. The summed E-state index contributed by atoms with van der Waals surface area (Å²) >= 11 is 0. The molecule has 5 aliphatic rings. The summed E-state index contributed by atoms with van der Waals surface area (Å²) in [6, 6.07) is 22.5. The zero-order chi connectivity index (χ0) is 50.9. The maximum Gasteiger partial charge on any atom is 0.269 e. The van der Waals surface area contributed by atoms with Gasteiger partial charge in [0.2, 0.25) is 18.5 Å². The standard InChI is InChI=1S/C55H61N5O13/c1-2-28-71-55-51(58(34-39-13-20-49-50(30-39)70-36-69-49)52(63)22-14-37-9-15-41(16-10-37)59(64)65)33-47(56-72-35-38-11-17-42(18-12-38)60(66)67)45-31-40(7-3-5-26-61)44(8-4-6-27-62)53(54(45)55)46-32-43(19-21-48(46)73-55)68-29-25-57-23-24-57/h2,9-22,30-32,40,44,51,53-54,61-62H,1,3-8,23-29,33-36H2/t40-,44+,51-,53+,54+,55+/m0/s1. The third-order valence-electron chi connectivity index (χ3n) is 14.4. The highest BCUT2D eigenvalue weighted by Crippen LogP contribution is 2.62. The molecular weight excluding hydrogens is 939 g/mol. The van der Waals surface area contributed by atoms with Crippen molar-refractivity contribution in [2.45, 2.75) is 75.8 Å². The number of nitro groups is 2. The molecule has 0 aromatic heterocycles. The van der Waals surface area contributed by atoms with Crippen LogP contribution in [-0.2, 0) is 27.5 Å². The number of hydrogen-bond donors (Lipinski definition) is 2. The molecule has 4 aromatic rings.